The number of hydrogen-bond acceptors (Lipinski definition) is 3. The highest BCUT2D eigenvalue weighted by Crippen LogP contribution is 2.28. The summed E-state index contributed by atoms with van der Waals surface area (Å²) in [4.78, 5) is 21.0. The van der Waals surface area contributed by atoms with E-state index in [1.165, 1.54) is 12.1 Å². The number of carbonyl (C=O) groups is 1. The van der Waals surface area contributed by atoms with E-state index in [1.807, 2.05) is 17.0 Å². The van der Waals surface area contributed by atoms with Crippen LogP contribution < -0.4 is 5.73 Å². The van der Waals surface area contributed by atoms with Crippen molar-refractivity contribution in [2.75, 3.05) is 6.54 Å². The zero-order valence-electron chi connectivity index (χ0n) is 14.9. The Hall–Kier alpha value is -2.41. The maximum Gasteiger partial charge on any atom is 0.231 e. The number of amides is 1. The third kappa shape index (κ3) is 5.55. The second-order valence-electron chi connectivity index (χ2n) is 6.47. The van der Waals surface area contributed by atoms with Crippen molar-refractivity contribution in [2.45, 2.75) is 19.0 Å². The van der Waals surface area contributed by atoms with Gasteiger partial charge in [-0.05, 0) is 47.9 Å². The number of hydrogen-bond donors (Lipinski definition) is 2. The van der Waals surface area contributed by atoms with E-state index in [0.29, 0.717) is 28.8 Å². The highest BCUT2D eigenvalue weighted by molar-refractivity contribution is 6.34. The normalized spacial score (nSPS) is 12.3. The maximum atomic E-state index is 13.6. The van der Waals surface area contributed by atoms with Crippen LogP contribution in [0.2, 0.25) is 10.0 Å². The standard InChI is InChI=1S/C20H19Cl2FN4O/c21-15-6-14(7-16(22)10-15)9-18(20-25-4-5-26-20)27(12-19(24)28)11-13-2-1-3-17(23)8-13/h1-8,10,18H,9,11-12H2,(H2,24,28)(H,25,26). The number of nitrogens with zero attached hydrogens (tertiary/aromatic N) is 2. The fourth-order valence-electron chi connectivity index (χ4n) is 3.16. The van der Waals surface area contributed by atoms with Crippen LogP contribution in [0, 0.1) is 5.82 Å². The summed E-state index contributed by atoms with van der Waals surface area (Å²) in [6.07, 6.45) is 3.83. The second kappa shape index (κ2) is 9.19. The smallest absolute Gasteiger partial charge is 0.231 e. The number of carbonyl (C=O) groups excluding carboxylic acids is 1. The van der Waals surface area contributed by atoms with Gasteiger partial charge >= 0.3 is 0 Å². The van der Waals surface area contributed by atoms with Gasteiger partial charge < -0.3 is 10.7 Å². The minimum Gasteiger partial charge on any atom is -0.369 e. The molecule has 3 aromatic rings. The van der Waals surface area contributed by atoms with Crippen molar-refractivity contribution in [2.24, 2.45) is 5.73 Å². The molecule has 2 aromatic carbocycles. The van der Waals surface area contributed by atoms with Crippen molar-refractivity contribution in [1.29, 1.82) is 0 Å². The molecule has 1 amide bonds. The highest BCUT2D eigenvalue weighted by atomic mass is 35.5. The Labute approximate surface area is 172 Å². The third-order valence-electron chi connectivity index (χ3n) is 4.26. The first-order valence-electron chi connectivity index (χ1n) is 8.62. The highest BCUT2D eigenvalue weighted by Gasteiger charge is 2.25. The van der Waals surface area contributed by atoms with Crippen molar-refractivity contribution >= 4 is 29.1 Å². The Kier molecular flexibility index (Phi) is 6.67. The van der Waals surface area contributed by atoms with Crippen molar-refractivity contribution < 1.29 is 9.18 Å². The van der Waals surface area contributed by atoms with Gasteiger partial charge in [-0.1, -0.05) is 35.3 Å². The summed E-state index contributed by atoms with van der Waals surface area (Å²) in [7, 11) is 0. The Morgan fingerprint density at radius 1 is 1.18 bits per heavy atom. The second-order valence-corrected chi connectivity index (χ2v) is 7.35. The molecular formula is C20H19Cl2FN4O. The number of halogens is 3. The van der Waals surface area contributed by atoms with E-state index in [4.69, 9.17) is 28.9 Å². The summed E-state index contributed by atoms with van der Waals surface area (Å²) in [5.74, 6) is -0.168. The van der Waals surface area contributed by atoms with E-state index >= 15 is 0 Å². The number of imidazole rings is 1. The fourth-order valence-corrected chi connectivity index (χ4v) is 3.73. The zero-order chi connectivity index (χ0) is 20.1. The number of aromatic nitrogens is 2. The average Bonchev–Trinajstić information content (AvgIpc) is 3.12. The van der Waals surface area contributed by atoms with Crippen molar-refractivity contribution in [3.8, 4) is 0 Å². The summed E-state index contributed by atoms with van der Waals surface area (Å²) >= 11 is 12.3. The Bertz CT molecular complexity index is 929. The molecule has 0 aliphatic heterocycles. The van der Waals surface area contributed by atoms with Crippen LogP contribution in [0.4, 0.5) is 4.39 Å². The first kappa shape index (κ1) is 20.3. The number of nitrogens with one attached hydrogen (secondary N) is 1. The van der Waals surface area contributed by atoms with Gasteiger partial charge in [0.05, 0.1) is 12.6 Å². The molecule has 0 fully saturated rings. The van der Waals surface area contributed by atoms with Crippen LogP contribution in [-0.4, -0.2) is 27.3 Å². The number of primary amides is 1. The van der Waals surface area contributed by atoms with E-state index in [-0.39, 0.29) is 18.4 Å². The molecule has 0 radical (unpaired) electrons. The molecule has 28 heavy (non-hydrogen) atoms. The summed E-state index contributed by atoms with van der Waals surface area (Å²) < 4.78 is 13.6. The molecule has 0 aliphatic rings. The van der Waals surface area contributed by atoms with Crippen molar-refractivity contribution in [3.63, 3.8) is 0 Å². The van der Waals surface area contributed by atoms with Crippen LogP contribution in [0.25, 0.3) is 0 Å². The van der Waals surface area contributed by atoms with E-state index in [0.717, 1.165) is 11.1 Å². The number of nitrogens with two attached hydrogens (primary N) is 1. The van der Waals surface area contributed by atoms with E-state index in [2.05, 4.69) is 9.97 Å². The van der Waals surface area contributed by atoms with Gasteiger partial charge in [-0.25, -0.2) is 9.37 Å². The topological polar surface area (TPSA) is 75.0 Å². The van der Waals surface area contributed by atoms with Gasteiger partial charge in [0.15, 0.2) is 0 Å². The summed E-state index contributed by atoms with van der Waals surface area (Å²) in [6, 6.07) is 11.2. The fraction of sp³-hybridized carbons (Fsp3) is 0.200. The molecule has 0 aliphatic carbocycles. The van der Waals surface area contributed by atoms with E-state index < -0.39 is 5.91 Å². The van der Waals surface area contributed by atoms with Crippen LogP contribution in [0.3, 0.4) is 0 Å². The van der Waals surface area contributed by atoms with E-state index in [1.54, 1.807) is 30.6 Å². The van der Waals surface area contributed by atoms with Gasteiger partial charge in [-0.15, -0.1) is 0 Å². The molecule has 146 valence electrons. The minimum absolute atomic E-state index is 0.0177. The van der Waals surface area contributed by atoms with Crippen molar-refractivity contribution in [1.82, 2.24) is 14.9 Å². The molecule has 1 heterocycles. The summed E-state index contributed by atoms with van der Waals surface area (Å²) in [6.45, 7) is 0.302. The molecule has 1 aromatic heterocycles. The van der Waals surface area contributed by atoms with Gasteiger partial charge in [0.25, 0.3) is 0 Å². The molecule has 0 saturated heterocycles. The Morgan fingerprint density at radius 2 is 1.93 bits per heavy atom. The van der Waals surface area contributed by atoms with Crippen LogP contribution in [0.5, 0.6) is 0 Å². The van der Waals surface area contributed by atoms with Crippen LogP contribution in [0.15, 0.2) is 54.9 Å². The van der Waals surface area contributed by atoms with Gasteiger partial charge in [-0.2, -0.15) is 0 Å². The molecule has 1 unspecified atom stereocenters. The van der Waals surface area contributed by atoms with Gasteiger partial charge in [0, 0.05) is 29.0 Å². The SMILES string of the molecule is NC(=O)CN(Cc1cccc(F)c1)C(Cc1cc(Cl)cc(Cl)c1)c1ncc[nH]1. The molecular weight excluding hydrogens is 402 g/mol. The number of rotatable bonds is 8. The first-order valence-corrected chi connectivity index (χ1v) is 9.37. The summed E-state index contributed by atoms with van der Waals surface area (Å²) in [5, 5.41) is 1.04. The molecule has 1 atom stereocenters. The predicted octanol–water partition coefficient (Wildman–Crippen LogP) is 4.13. The molecule has 0 spiro atoms. The lowest BCUT2D eigenvalue weighted by molar-refractivity contribution is -0.119. The van der Waals surface area contributed by atoms with Crippen LogP contribution in [-0.2, 0) is 17.8 Å². The van der Waals surface area contributed by atoms with E-state index in [9.17, 15) is 9.18 Å². The van der Waals surface area contributed by atoms with Gasteiger partial charge in [0.2, 0.25) is 5.91 Å². The maximum absolute atomic E-state index is 13.6. The minimum atomic E-state index is -0.489. The molecule has 3 rings (SSSR count). The first-order chi connectivity index (χ1) is 13.4. The quantitative estimate of drug-likeness (QED) is 0.575. The Morgan fingerprint density at radius 3 is 2.54 bits per heavy atom. The average molecular weight is 421 g/mol. The van der Waals surface area contributed by atoms with Crippen LogP contribution in [0.1, 0.15) is 23.0 Å². The number of aromatic amines is 1. The lowest BCUT2D eigenvalue weighted by Crippen LogP contribution is -2.37. The Balaban J connectivity index is 1.95. The zero-order valence-corrected chi connectivity index (χ0v) is 16.4. The van der Waals surface area contributed by atoms with Crippen molar-refractivity contribution in [3.05, 3.63) is 87.7 Å². The predicted molar refractivity (Wildman–Crippen MR) is 107 cm³/mol. The molecule has 0 saturated carbocycles. The molecule has 5 nitrogen and oxygen atoms in total. The molecule has 3 N–H and O–H groups in total. The van der Waals surface area contributed by atoms with Gasteiger partial charge in [-0.3, -0.25) is 9.69 Å². The van der Waals surface area contributed by atoms with Crippen LogP contribution >= 0.6 is 23.2 Å². The molecule has 8 heteroatoms. The molecule has 0 bridgehead atoms. The lowest BCUT2D eigenvalue weighted by atomic mass is 10.0. The third-order valence-corrected chi connectivity index (χ3v) is 4.70. The number of H-pyrrole nitrogens is 1. The van der Waals surface area contributed by atoms with Gasteiger partial charge in [0.1, 0.15) is 11.6 Å². The lowest BCUT2D eigenvalue weighted by Gasteiger charge is -2.30. The largest absolute Gasteiger partial charge is 0.369 e. The number of benzene rings is 2. The summed E-state index contributed by atoms with van der Waals surface area (Å²) in [5.41, 5.74) is 7.09. The monoisotopic (exact) mass is 420 g/mol.